The first kappa shape index (κ1) is 18.5. The van der Waals surface area contributed by atoms with Crippen molar-refractivity contribution in [2.75, 3.05) is 18.4 Å². The molecule has 7 heteroatoms. The van der Waals surface area contributed by atoms with E-state index in [-0.39, 0.29) is 23.1 Å². The number of anilines is 1. The molecule has 1 unspecified atom stereocenters. The highest BCUT2D eigenvalue weighted by Gasteiger charge is 2.58. The van der Waals surface area contributed by atoms with Crippen molar-refractivity contribution in [1.29, 1.82) is 0 Å². The lowest BCUT2D eigenvalue weighted by Gasteiger charge is -2.32. The molecule has 1 aliphatic carbocycles. The summed E-state index contributed by atoms with van der Waals surface area (Å²) in [6.45, 7) is 1.38. The van der Waals surface area contributed by atoms with Crippen LogP contribution in [-0.2, 0) is 4.79 Å². The summed E-state index contributed by atoms with van der Waals surface area (Å²) < 4.78 is 1.78. The summed E-state index contributed by atoms with van der Waals surface area (Å²) >= 11 is 0. The van der Waals surface area contributed by atoms with Crippen LogP contribution in [0.3, 0.4) is 0 Å². The number of amides is 2. The highest BCUT2D eigenvalue weighted by molar-refractivity contribution is 5.96. The van der Waals surface area contributed by atoms with E-state index in [4.69, 9.17) is 0 Å². The molecule has 1 aromatic carbocycles. The van der Waals surface area contributed by atoms with Crippen LogP contribution >= 0.6 is 0 Å². The molecule has 3 aromatic rings. The first-order valence-corrected chi connectivity index (χ1v) is 10.2. The maximum atomic E-state index is 12.8. The molecule has 1 atom stereocenters. The van der Waals surface area contributed by atoms with Crippen LogP contribution in [0.1, 0.15) is 29.6 Å². The number of carbonyl (C=O) groups excluding carboxylic acids is 2. The summed E-state index contributed by atoms with van der Waals surface area (Å²) in [5.74, 6) is 0.129. The summed E-state index contributed by atoms with van der Waals surface area (Å²) in [6.07, 6.45) is 9.53. The second-order valence-corrected chi connectivity index (χ2v) is 8.14. The molecule has 0 radical (unpaired) electrons. The van der Waals surface area contributed by atoms with Crippen LogP contribution in [0.2, 0.25) is 0 Å². The van der Waals surface area contributed by atoms with Gasteiger partial charge in [-0.05, 0) is 67.1 Å². The molecule has 30 heavy (non-hydrogen) atoms. The number of rotatable bonds is 4. The molecule has 1 saturated carbocycles. The van der Waals surface area contributed by atoms with Gasteiger partial charge in [-0.3, -0.25) is 14.6 Å². The van der Waals surface area contributed by atoms with Crippen molar-refractivity contribution in [2.24, 2.45) is 11.3 Å². The molecule has 0 bridgehead atoms. The Bertz CT molecular complexity index is 1040. The Labute approximate surface area is 174 Å². The number of pyridine rings is 1. The summed E-state index contributed by atoms with van der Waals surface area (Å²) in [5.41, 5.74) is 2.41. The van der Waals surface area contributed by atoms with Crippen molar-refractivity contribution in [3.05, 3.63) is 72.8 Å². The molecule has 3 heterocycles. The normalized spacial score (nSPS) is 19.5. The Morgan fingerprint density at radius 2 is 1.83 bits per heavy atom. The Balaban J connectivity index is 1.16. The fourth-order valence-corrected chi connectivity index (χ4v) is 4.45. The number of hydrogen-bond acceptors (Lipinski definition) is 4. The van der Waals surface area contributed by atoms with E-state index >= 15 is 0 Å². The van der Waals surface area contributed by atoms with E-state index in [1.807, 2.05) is 41.4 Å². The molecular weight excluding hydrogens is 378 g/mol. The van der Waals surface area contributed by atoms with Crippen molar-refractivity contribution in [3.8, 4) is 5.69 Å². The highest BCUT2D eigenvalue weighted by Crippen LogP contribution is 2.59. The van der Waals surface area contributed by atoms with Crippen LogP contribution in [-0.4, -0.2) is 44.6 Å². The third kappa shape index (κ3) is 3.47. The lowest BCUT2D eigenvalue weighted by molar-refractivity contribution is -0.118. The van der Waals surface area contributed by atoms with Gasteiger partial charge in [0.05, 0.1) is 11.3 Å². The number of carbonyl (C=O) groups is 2. The smallest absolute Gasteiger partial charge is 0.255 e. The van der Waals surface area contributed by atoms with Gasteiger partial charge in [0.25, 0.3) is 5.91 Å². The van der Waals surface area contributed by atoms with E-state index in [1.165, 1.54) is 0 Å². The predicted octanol–water partition coefficient (Wildman–Crippen LogP) is 3.15. The number of nitrogens with zero attached hydrogens (tertiary/aromatic N) is 4. The minimum absolute atomic E-state index is 0.0249. The van der Waals surface area contributed by atoms with E-state index in [2.05, 4.69) is 15.4 Å². The summed E-state index contributed by atoms with van der Waals surface area (Å²) in [7, 11) is 0. The van der Waals surface area contributed by atoms with Gasteiger partial charge in [-0.15, -0.1) is 0 Å². The molecule has 2 aliphatic rings. The molecule has 152 valence electrons. The zero-order chi connectivity index (χ0) is 20.6. The van der Waals surface area contributed by atoms with E-state index in [0.717, 1.165) is 30.6 Å². The zero-order valence-electron chi connectivity index (χ0n) is 16.6. The third-order valence-corrected chi connectivity index (χ3v) is 6.36. The average molecular weight is 401 g/mol. The van der Waals surface area contributed by atoms with Gasteiger partial charge in [0, 0.05) is 49.5 Å². The minimum Gasteiger partial charge on any atom is -0.339 e. The molecular formula is C23H23N5O2. The molecule has 2 fully saturated rings. The fourth-order valence-electron chi connectivity index (χ4n) is 4.45. The number of benzene rings is 1. The topological polar surface area (TPSA) is 80.1 Å². The van der Waals surface area contributed by atoms with Crippen molar-refractivity contribution < 1.29 is 9.59 Å². The fraction of sp³-hybridized carbons (Fsp3) is 0.304. The molecule has 1 spiro atoms. The van der Waals surface area contributed by atoms with Gasteiger partial charge in [0.15, 0.2) is 0 Å². The van der Waals surface area contributed by atoms with Gasteiger partial charge < -0.3 is 10.2 Å². The molecule has 2 amide bonds. The second kappa shape index (κ2) is 7.40. The maximum absolute atomic E-state index is 12.8. The van der Waals surface area contributed by atoms with E-state index in [0.29, 0.717) is 18.7 Å². The summed E-state index contributed by atoms with van der Waals surface area (Å²) in [4.78, 5) is 31.3. The first-order chi connectivity index (χ1) is 14.6. The molecule has 5 rings (SSSR count). The predicted molar refractivity (Wildman–Crippen MR) is 112 cm³/mol. The van der Waals surface area contributed by atoms with Crippen LogP contribution in [0.5, 0.6) is 0 Å². The number of hydrogen-bond donors (Lipinski definition) is 1. The highest BCUT2D eigenvalue weighted by atomic mass is 16.2. The molecule has 1 saturated heterocycles. The number of likely N-dealkylation sites (tertiary alicyclic amines) is 1. The Morgan fingerprint density at radius 3 is 2.50 bits per heavy atom. The number of piperidine rings is 1. The lowest BCUT2D eigenvalue weighted by atomic mass is 9.90. The van der Waals surface area contributed by atoms with Crippen LogP contribution < -0.4 is 5.32 Å². The SMILES string of the molecule is O=C(Nc1ccc(-n2cccn2)cc1)C1CC12CCN(C(=O)c1cccnc1)CC2. The number of aromatic nitrogens is 3. The van der Waals surface area contributed by atoms with Gasteiger partial charge in [0.2, 0.25) is 5.91 Å². The van der Waals surface area contributed by atoms with Crippen molar-refractivity contribution >= 4 is 17.5 Å². The summed E-state index contributed by atoms with van der Waals surface area (Å²) in [6, 6.07) is 13.1. The monoisotopic (exact) mass is 401 g/mol. The van der Waals surface area contributed by atoms with Crippen molar-refractivity contribution in [3.63, 3.8) is 0 Å². The van der Waals surface area contributed by atoms with E-state index in [1.54, 1.807) is 35.4 Å². The second-order valence-electron chi connectivity index (χ2n) is 8.14. The molecule has 7 nitrogen and oxygen atoms in total. The van der Waals surface area contributed by atoms with Crippen LogP contribution in [0.4, 0.5) is 5.69 Å². The Morgan fingerprint density at radius 1 is 1.03 bits per heavy atom. The quantitative estimate of drug-likeness (QED) is 0.728. The van der Waals surface area contributed by atoms with Gasteiger partial charge >= 0.3 is 0 Å². The van der Waals surface area contributed by atoms with Crippen LogP contribution in [0, 0.1) is 11.3 Å². The minimum atomic E-state index is 0.0249. The third-order valence-electron chi connectivity index (χ3n) is 6.36. The van der Waals surface area contributed by atoms with E-state index < -0.39 is 0 Å². The van der Waals surface area contributed by atoms with Gasteiger partial charge in [-0.2, -0.15) is 5.10 Å². The Kier molecular flexibility index (Phi) is 4.58. The van der Waals surface area contributed by atoms with Crippen molar-refractivity contribution in [2.45, 2.75) is 19.3 Å². The Hall–Kier alpha value is -3.48. The standard InChI is InChI=1S/C23H23N5O2/c29-21(26-18-4-6-19(7-5-18)28-12-2-11-25-28)20-15-23(20)8-13-27(14-9-23)22(30)17-3-1-10-24-16-17/h1-7,10-12,16,20H,8-9,13-15H2,(H,26,29). The maximum Gasteiger partial charge on any atom is 0.255 e. The zero-order valence-corrected chi connectivity index (χ0v) is 16.6. The van der Waals surface area contributed by atoms with Crippen molar-refractivity contribution in [1.82, 2.24) is 19.7 Å². The first-order valence-electron chi connectivity index (χ1n) is 10.2. The van der Waals surface area contributed by atoms with Gasteiger partial charge in [-0.25, -0.2) is 4.68 Å². The largest absolute Gasteiger partial charge is 0.339 e. The van der Waals surface area contributed by atoms with Crippen LogP contribution in [0.15, 0.2) is 67.3 Å². The number of nitrogens with one attached hydrogen (secondary N) is 1. The van der Waals surface area contributed by atoms with Crippen LogP contribution in [0.25, 0.3) is 5.69 Å². The average Bonchev–Trinajstić information content (AvgIpc) is 3.21. The molecule has 1 N–H and O–H groups in total. The van der Waals surface area contributed by atoms with Gasteiger partial charge in [0.1, 0.15) is 0 Å². The molecule has 2 aromatic heterocycles. The van der Waals surface area contributed by atoms with Gasteiger partial charge in [-0.1, -0.05) is 0 Å². The molecule has 1 aliphatic heterocycles. The van der Waals surface area contributed by atoms with E-state index in [9.17, 15) is 9.59 Å². The summed E-state index contributed by atoms with van der Waals surface area (Å²) in [5, 5.41) is 7.26. The lowest BCUT2D eigenvalue weighted by Crippen LogP contribution is -2.40.